The van der Waals surface area contributed by atoms with Gasteiger partial charge in [-0.05, 0) is 13.3 Å². The molecule has 0 spiro atoms. The van der Waals surface area contributed by atoms with Crippen molar-refractivity contribution in [1.82, 2.24) is 0 Å². The first-order valence-electron chi connectivity index (χ1n) is 4.88. The van der Waals surface area contributed by atoms with Crippen LogP contribution in [0.5, 0.6) is 0 Å². The number of ketones is 1. The molecule has 0 aliphatic carbocycles. The van der Waals surface area contributed by atoms with Crippen molar-refractivity contribution in [2.45, 2.75) is 26.4 Å². The number of aliphatic hydroxyl groups is 1. The van der Waals surface area contributed by atoms with Gasteiger partial charge < -0.3 is 5.11 Å². The number of aliphatic hydroxyl groups excluding tert-OH is 1. The summed E-state index contributed by atoms with van der Waals surface area (Å²) in [7, 11) is 0. The largest absolute Gasteiger partial charge is 0.393 e. The van der Waals surface area contributed by atoms with Crippen molar-refractivity contribution in [3.8, 4) is 0 Å². The fourth-order valence-corrected chi connectivity index (χ4v) is 1.51. The van der Waals surface area contributed by atoms with Gasteiger partial charge in [-0.2, -0.15) is 0 Å². The van der Waals surface area contributed by atoms with Crippen LogP contribution in [0.4, 0.5) is 0 Å². The second-order valence-corrected chi connectivity index (χ2v) is 3.72. The fraction of sp³-hybridized carbons (Fsp3) is 0.417. The van der Waals surface area contributed by atoms with E-state index in [1.54, 1.807) is 19.1 Å². The van der Waals surface area contributed by atoms with Crippen molar-refractivity contribution in [1.29, 1.82) is 0 Å². The third-order valence-electron chi connectivity index (χ3n) is 2.20. The topological polar surface area (TPSA) is 37.3 Å². The maximum atomic E-state index is 11.8. The molecule has 14 heavy (non-hydrogen) atoms. The maximum Gasteiger partial charge on any atom is 0.165 e. The van der Waals surface area contributed by atoms with Gasteiger partial charge >= 0.3 is 0 Å². The molecule has 0 unspecified atom stereocenters. The third-order valence-corrected chi connectivity index (χ3v) is 2.20. The molecule has 0 radical (unpaired) electrons. The van der Waals surface area contributed by atoms with Crippen molar-refractivity contribution < 1.29 is 9.90 Å². The Morgan fingerprint density at radius 3 is 2.36 bits per heavy atom. The van der Waals surface area contributed by atoms with Crippen LogP contribution >= 0.6 is 0 Å². The zero-order valence-corrected chi connectivity index (χ0v) is 8.60. The molecule has 0 bridgehead atoms. The van der Waals surface area contributed by atoms with E-state index < -0.39 is 6.10 Å². The number of hydrogen-bond donors (Lipinski definition) is 1. The maximum absolute atomic E-state index is 11.8. The lowest BCUT2D eigenvalue weighted by Gasteiger charge is -2.11. The van der Waals surface area contributed by atoms with Crippen molar-refractivity contribution >= 4 is 5.78 Å². The Balaban J connectivity index is 2.66. The molecule has 0 saturated carbocycles. The minimum Gasteiger partial charge on any atom is -0.393 e. The summed E-state index contributed by atoms with van der Waals surface area (Å²) >= 11 is 0. The van der Waals surface area contributed by atoms with Gasteiger partial charge in [0, 0.05) is 11.5 Å². The summed E-state index contributed by atoms with van der Waals surface area (Å²) < 4.78 is 0. The van der Waals surface area contributed by atoms with Crippen molar-refractivity contribution in [3.05, 3.63) is 35.9 Å². The highest BCUT2D eigenvalue weighted by molar-refractivity contribution is 5.97. The van der Waals surface area contributed by atoms with Gasteiger partial charge in [0.05, 0.1) is 6.10 Å². The molecular weight excluding hydrogens is 176 g/mol. The van der Waals surface area contributed by atoms with Crippen LogP contribution in [0.1, 0.15) is 30.6 Å². The highest BCUT2D eigenvalue weighted by Crippen LogP contribution is 2.13. The molecule has 0 aromatic heterocycles. The molecule has 2 nitrogen and oxygen atoms in total. The first-order valence-corrected chi connectivity index (χ1v) is 4.88. The van der Waals surface area contributed by atoms with E-state index in [2.05, 4.69) is 0 Å². The van der Waals surface area contributed by atoms with Crippen LogP contribution in [0.25, 0.3) is 0 Å². The summed E-state index contributed by atoms with van der Waals surface area (Å²) in [5.74, 6) is -0.0103. The minimum atomic E-state index is -0.419. The molecule has 76 valence electrons. The molecule has 0 amide bonds. The molecule has 2 heteroatoms. The molecule has 2 atom stereocenters. The predicted octanol–water partition coefficient (Wildman–Crippen LogP) is 2.28. The molecule has 0 aliphatic rings. The smallest absolute Gasteiger partial charge is 0.165 e. The Morgan fingerprint density at radius 2 is 1.86 bits per heavy atom. The number of carbonyl (C=O) groups excluding carboxylic acids is 1. The van der Waals surface area contributed by atoms with E-state index in [0.717, 1.165) is 5.56 Å². The van der Waals surface area contributed by atoms with Gasteiger partial charge in [-0.15, -0.1) is 0 Å². The molecule has 0 aliphatic heterocycles. The molecule has 0 heterocycles. The summed E-state index contributed by atoms with van der Waals surface area (Å²) in [6, 6.07) is 9.20. The number of hydrogen-bond acceptors (Lipinski definition) is 2. The van der Waals surface area contributed by atoms with Crippen molar-refractivity contribution in [2.75, 3.05) is 0 Å². The SMILES string of the molecule is C[C@H](C[C@@H](C)O)C(=O)c1ccccc1. The van der Waals surface area contributed by atoms with Gasteiger partial charge in [0.1, 0.15) is 0 Å². The van der Waals surface area contributed by atoms with Crippen LogP contribution in [0.2, 0.25) is 0 Å². The quantitative estimate of drug-likeness (QED) is 0.743. The molecule has 1 N–H and O–H groups in total. The Kier molecular flexibility index (Phi) is 3.84. The van der Waals surface area contributed by atoms with Crippen molar-refractivity contribution in [3.63, 3.8) is 0 Å². The first-order chi connectivity index (χ1) is 6.61. The van der Waals surface area contributed by atoms with Crippen LogP contribution < -0.4 is 0 Å². The third kappa shape index (κ3) is 2.96. The van der Waals surface area contributed by atoms with E-state index in [9.17, 15) is 4.79 Å². The number of carbonyl (C=O) groups is 1. The summed E-state index contributed by atoms with van der Waals surface area (Å²) in [6.07, 6.45) is 0.103. The lowest BCUT2D eigenvalue weighted by molar-refractivity contribution is 0.0868. The van der Waals surface area contributed by atoms with Crippen LogP contribution in [0.3, 0.4) is 0 Å². The van der Waals surface area contributed by atoms with Crippen LogP contribution in [0.15, 0.2) is 30.3 Å². The highest BCUT2D eigenvalue weighted by Gasteiger charge is 2.16. The fourth-order valence-electron chi connectivity index (χ4n) is 1.51. The zero-order chi connectivity index (χ0) is 10.6. The molecule has 1 aromatic rings. The van der Waals surface area contributed by atoms with Crippen LogP contribution in [-0.2, 0) is 0 Å². The van der Waals surface area contributed by atoms with E-state index in [1.807, 2.05) is 25.1 Å². The highest BCUT2D eigenvalue weighted by atomic mass is 16.3. The van der Waals surface area contributed by atoms with Gasteiger partial charge in [-0.25, -0.2) is 0 Å². The standard InChI is InChI=1S/C12H16O2/c1-9(8-10(2)13)12(14)11-6-4-3-5-7-11/h3-7,9-10,13H,8H2,1-2H3/t9-,10-/m1/s1. The number of rotatable bonds is 4. The summed E-state index contributed by atoms with van der Waals surface area (Å²) in [5.41, 5.74) is 0.723. The van der Waals surface area contributed by atoms with Crippen LogP contribution in [0, 0.1) is 5.92 Å². The monoisotopic (exact) mass is 192 g/mol. The minimum absolute atomic E-state index is 0.103. The Hall–Kier alpha value is -1.15. The molecule has 0 fully saturated rings. The van der Waals surface area contributed by atoms with E-state index in [-0.39, 0.29) is 11.7 Å². The Labute approximate surface area is 84.6 Å². The molecular formula is C12H16O2. The molecule has 0 saturated heterocycles. The van der Waals surface area contributed by atoms with Gasteiger partial charge in [-0.3, -0.25) is 4.79 Å². The predicted molar refractivity (Wildman–Crippen MR) is 56.2 cm³/mol. The zero-order valence-electron chi connectivity index (χ0n) is 8.60. The summed E-state index contributed by atoms with van der Waals surface area (Å²) in [4.78, 5) is 11.8. The average Bonchev–Trinajstić information content (AvgIpc) is 2.17. The first kappa shape index (κ1) is 10.9. The van der Waals surface area contributed by atoms with Gasteiger partial charge in [0.2, 0.25) is 0 Å². The molecule has 1 rings (SSSR count). The Bertz CT molecular complexity index is 290. The second-order valence-electron chi connectivity index (χ2n) is 3.72. The van der Waals surface area contributed by atoms with E-state index in [4.69, 9.17) is 5.11 Å². The lowest BCUT2D eigenvalue weighted by atomic mass is 9.94. The second kappa shape index (κ2) is 4.91. The Morgan fingerprint density at radius 1 is 1.29 bits per heavy atom. The lowest BCUT2D eigenvalue weighted by Crippen LogP contribution is -2.16. The number of Topliss-reactive ketones (excluding diaryl/α,β-unsaturated/α-hetero) is 1. The van der Waals surface area contributed by atoms with Gasteiger partial charge in [0.25, 0.3) is 0 Å². The summed E-state index contributed by atoms with van der Waals surface area (Å²) in [5, 5.41) is 9.17. The van der Waals surface area contributed by atoms with Gasteiger partial charge in [-0.1, -0.05) is 37.3 Å². The van der Waals surface area contributed by atoms with Crippen LogP contribution in [-0.4, -0.2) is 17.0 Å². The number of benzene rings is 1. The normalized spacial score (nSPS) is 14.8. The summed E-state index contributed by atoms with van der Waals surface area (Å²) in [6.45, 7) is 3.55. The van der Waals surface area contributed by atoms with Gasteiger partial charge in [0.15, 0.2) is 5.78 Å². The van der Waals surface area contributed by atoms with E-state index in [1.165, 1.54) is 0 Å². The van der Waals surface area contributed by atoms with E-state index >= 15 is 0 Å². The molecule has 1 aromatic carbocycles. The van der Waals surface area contributed by atoms with Crippen molar-refractivity contribution in [2.24, 2.45) is 5.92 Å². The van der Waals surface area contributed by atoms with E-state index in [0.29, 0.717) is 6.42 Å². The average molecular weight is 192 g/mol.